The van der Waals surface area contributed by atoms with Crippen molar-refractivity contribution in [3.8, 4) is 5.69 Å². The van der Waals surface area contributed by atoms with Gasteiger partial charge in [0.15, 0.2) is 11.0 Å². The third-order valence-electron chi connectivity index (χ3n) is 3.56. The maximum absolute atomic E-state index is 11.3. The minimum absolute atomic E-state index is 0.0727. The third kappa shape index (κ3) is 4.10. The zero-order chi connectivity index (χ0) is 18.7. The van der Waals surface area contributed by atoms with E-state index in [0.29, 0.717) is 22.6 Å². The molecule has 3 aromatic rings. The van der Waals surface area contributed by atoms with Crippen LogP contribution < -0.4 is 5.32 Å². The number of amides is 1. The molecule has 0 bridgehead atoms. The van der Waals surface area contributed by atoms with Gasteiger partial charge in [0.2, 0.25) is 11.8 Å². The van der Waals surface area contributed by atoms with Gasteiger partial charge in [0.25, 0.3) is 0 Å². The van der Waals surface area contributed by atoms with Gasteiger partial charge in [0.1, 0.15) is 6.33 Å². The molecule has 0 fully saturated rings. The summed E-state index contributed by atoms with van der Waals surface area (Å²) >= 11 is 1.48. The fraction of sp³-hybridized carbons (Fsp3) is 0.353. The molecule has 0 spiro atoms. The van der Waals surface area contributed by atoms with Gasteiger partial charge in [0, 0.05) is 18.5 Å². The van der Waals surface area contributed by atoms with E-state index < -0.39 is 0 Å². The standard InChI is InChI=1S/C17H20N6O2S/c1-10(2)15-20-16(25-22-15)11(3)26-17-21-18-9-23(17)14-7-5-6-13(8-14)19-12(4)24/h5-11H,1-4H3,(H,19,24). The van der Waals surface area contributed by atoms with Gasteiger partial charge in [-0.15, -0.1) is 10.2 Å². The molecule has 1 unspecified atom stereocenters. The van der Waals surface area contributed by atoms with Crippen LogP contribution in [0.5, 0.6) is 0 Å². The number of anilines is 1. The molecule has 1 atom stereocenters. The summed E-state index contributed by atoms with van der Waals surface area (Å²) in [4.78, 5) is 15.7. The van der Waals surface area contributed by atoms with Crippen LogP contribution in [-0.4, -0.2) is 30.8 Å². The van der Waals surface area contributed by atoms with Gasteiger partial charge < -0.3 is 9.84 Å². The number of hydrogen-bond acceptors (Lipinski definition) is 7. The first kappa shape index (κ1) is 18.1. The lowest BCUT2D eigenvalue weighted by atomic mass is 10.2. The molecular formula is C17H20N6O2S. The van der Waals surface area contributed by atoms with Gasteiger partial charge in [-0.1, -0.05) is 36.8 Å². The summed E-state index contributed by atoms with van der Waals surface area (Å²) in [6.07, 6.45) is 1.63. The van der Waals surface area contributed by atoms with E-state index in [0.717, 1.165) is 5.69 Å². The van der Waals surface area contributed by atoms with Crippen LogP contribution in [0.4, 0.5) is 5.69 Å². The number of benzene rings is 1. The van der Waals surface area contributed by atoms with Crippen LogP contribution >= 0.6 is 11.8 Å². The first-order valence-electron chi connectivity index (χ1n) is 8.22. The van der Waals surface area contributed by atoms with E-state index in [1.54, 1.807) is 6.33 Å². The number of nitrogens with one attached hydrogen (secondary N) is 1. The van der Waals surface area contributed by atoms with E-state index >= 15 is 0 Å². The Kier molecular flexibility index (Phi) is 5.36. The topological polar surface area (TPSA) is 98.7 Å². The summed E-state index contributed by atoms with van der Waals surface area (Å²) in [5.74, 6) is 1.34. The SMILES string of the molecule is CC(=O)Nc1cccc(-n2cnnc2SC(C)c2nc(C(C)C)no2)c1. The number of aromatic nitrogens is 5. The maximum atomic E-state index is 11.3. The summed E-state index contributed by atoms with van der Waals surface area (Å²) in [6.45, 7) is 7.50. The third-order valence-corrected chi connectivity index (χ3v) is 4.61. The van der Waals surface area contributed by atoms with Crippen molar-refractivity contribution in [3.05, 3.63) is 42.3 Å². The first-order chi connectivity index (χ1) is 12.4. The summed E-state index contributed by atoms with van der Waals surface area (Å²) in [5, 5.41) is 15.6. The predicted molar refractivity (Wildman–Crippen MR) is 98.3 cm³/mol. The largest absolute Gasteiger partial charge is 0.338 e. The quantitative estimate of drug-likeness (QED) is 0.660. The molecule has 8 nitrogen and oxygen atoms in total. The highest BCUT2D eigenvalue weighted by Crippen LogP contribution is 2.34. The first-order valence-corrected chi connectivity index (χ1v) is 9.10. The molecule has 0 aliphatic rings. The smallest absolute Gasteiger partial charge is 0.239 e. The molecule has 0 aliphatic heterocycles. The maximum Gasteiger partial charge on any atom is 0.239 e. The van der Waals surface area contributed by atoms with Crippen molar-refractivity contribution in [1.82, 2.24) is 24.9 Å². The van der Waals surface area contributed by atoms with Crippen molar-refractivity contribution in [1.29, 1.82) is 0 Å². The zero-order valence-corrected chi connectivity index (χ0v) is 15.8. The Bertz CT molecular complexity index is 904. The average molecular weight is 372 g/mol. The summed E-state index contributed by atoms with van der Waals surface area (Å²) < 4.78 is 7.21. The van der Waals surface area contributed by atoms with Crippen LogP contribution in [0.3, 0.4) is 0 Å². The number of carbonyl (C=O) groups excluding carboxylic acids is 1. The fourth-order valence-corrected chi connectivity index (χ4v) is 3.15. The lowest BCUT2D eigenvalue weighted by molar-refractivity contribution is -0.114. The Morgan fingerprint density at radius 2 is 2.12 bits per heavy atom. The predicted octanol–water partition coefficient (Wildman–Crippen LogP) is 3.59. The van der Waals surface area contributed by atoms with E-state index in [1.165, 1.54) is 18.7 Å². The Morgan fingerprint density at radius 3 is 2.81 bits per heavy atom. The van der Waals surface area contributed by atoms with Crippen molar-refractivity contribution in [2.24, 2.45) is 0 Å². The van der Waals surface area contributed by atoms with E-state index in [1.807, 2.05) is 49.6 Å². The number of rotatable bonds is 6. The van der Waals surface area contributed by atoms with Crippen LogP contribution in [0.25, 0.3) is 5.69 Å². The molecule has 0 aliphatic carbocycles. The van der Waals surface area contributed by atoms with Crippen LogP contribution in [-0.2, 0) is 4.79 Å². The highest BCUT2D eigenvalue weighted by atomic mass is 32.2. The molecule has 0 radical (unpaired) electrons. The van der Waals surface area contributed by atoms with E-state index in [4.69, 9.17) is 4.52 Å². The molecule has 1 aromatic carbocycles. The molecule has 0 saturated carbocycles. The van der Waals surface area contributed by atoms with Crippen LogP contribution in [0.1, 0.15) is 50.6 Å². The van der Waals surface area contributed by atoms with E-state index in [-0.39, 0.29) is 17.1 Å². The van der Waals surface area contributed by atoms with Crippen LogP contribution in [0, 0.1) is 0 Å². The van der Waals surface area contributed by atoms with Crippen molar-refractivity contribution < 1.29 is 9.32 Å². The average Bonchev–Trinajstić information content (AvgIpc) is 3.23. The molecule has 3 rings (SSSR count). The Labute approximate surface area is 155 Å². The number of carbonyl (C=O) groups is 1. The van der Waals surface area contributed by atoms with Crippen LogP contribution in [0.15, 0.2) is 40.3 Å². The van der Waals surface area contributed by atoms with Gasteiger partial charge in [-0.2, -0.15) is 4.98 Å². The van der Waals surface area contributed by atoms with Crippen molar-refractivity contribution in [3.63, 3.8) is 0 Å². The lowest BCUT2D eigenvalue weighted by Gasteiger charge is -2.10. The minimum Gasteiger partial charge on any atom is -0.338 e. The normalized spacial score (nSPS) is 12.3. The molecule has 26 heavy (non-hydrogen) atoms. The van der Waals surface area contributed by atoms with Gasteiger partial charge in [-0.05, 0) is 25.1 Å². The van der Waals surface area contributed by atoms with E-state index in [2.05, 4.69) is 25.7 Å². The Hall–Kier alpha value is -2.68. The molecule has 136 valence electrons. The zero-order valence-electron chi connectivity index (χ0n) is 15.0. The second-order valence-corrected chi connectivity index (χ2v) is 7.43. The van der Waals surface area contributed by atoms with Crippen molar-refractivity contribution >= 4 is 23.4 Å². The summed E-state index contributed by atoms with van der Waals surface area (Å²) in [5.41, 5.74) is 1.57. The van der Waals surface area contributed by atoms with Crippen LogP contribution in [0.2, 0.25) is 0 Å². The molecule has 2 heterocycles. The molecule has 0 saturated heterocycles. The second kappa shape index (κ2) is 7.69. The summed E-state index contributed by atoms with van der Waals surface area (Å²) in [6, 6.07) is 7.48. The fourth-order valence-electron chi connectivity index (χ4n) is 2.27. The number of hydrogen-bond donors (Lipinski definition) is 1. The van der Waals surface area contributed by atoms with Gasteiger partial charge >= 0.3 is 0 Å². The Morgan fingerprint density at radius 1 is 1.31 bits per heavy atom. The van der Waals surface area contributed by atoms with Crippen molar-refractivity contribution in [2.75, 3.05) is 5.32 Å². The van der Waals surface area contributed by atoms with E-state index in [9.17, 15) is 4.79 Å². The molecule has 1 N–H and O–H groups in total. The van der Waals surface area contributed by atoms with Gasteiger partial charge in [-0.3, -0.25) is 9.36 Å². The van der Waals surface area contributed by atoms with Gasteiger partial charge in [-0.25, -0.2) is 0 Å². The highest BCUT2D eigenvalue weighted by molar-refractivity contribution is 7.99. The minimum atomic E-state index is -0.119. The Balaban J connectivity index is 1.81. The molecular weight excluding hydrogens is 352 g/mol. The second-order valence-electron chi connectivity index (χ2n) is 6.12. The molecule has 1 amide bonds. The monoisotopic (exact) mass is 372 g/mol. The molecule has 9 heteroatoms. The van der Waals surface area contributed by atoms with Crippen molar-refractivity contribution in [2.45, 2.75) is 44.0 Å². The molecule has 2 aromatic heterocycles. The highest BCUT2D eigenvalue weighted by Gasteiger charge is 2.20. The number of nitrogens with zero attached hydrogens (tertiary/aromatic N) is 5. The van der Waals surface area contributed by atoms with Gasteiger partial charge in [0.05, 0.1) is 10.9 Å². The number of thioether (sulfide) groups is 1. The summed E-state index contributed by atoms with van der Waals surface area (Å²) in [7, 11) is 0. The lowest BCUT2D eigenvalue weighted by Crippen LogP contribution is -2.06.